The van der Waals surface area contributed by atoms with Crippen molar-refractivity contribution < 1.29 is 17.4 Å². The van der Waals surface area contributed by atoms with Crippen molar-refractivity contribution in [2.45, 2.75) is 13.3 Å². The van der Waals surface area contributed by atoms with Gasteiger partial charge in [0.15, 0.2) is 0 Å². The van der Waals surface area contributed by atoms with Crippen LogP contribution >= 0.6 is 0 Å². The fraction of sp³-hybridized carbons (Fsp3) is 0.571. The number of allylic oxidation sites excluding steroid dienone is 1. The molecule has 0 atom stereocenters. The molecule has 76 valence electrons. The number of carbonyl (C=O) groups excluding carboxylic acids is 1. The van der Waals surface area contributed by atoms with E-state index in [1.165, 1.54) is 6.08 Å². The van der Waals surface area contributed by atoms with Gasteiger partial charge in [0.2, 0.25) is 0 Å². The molecule has 0 saturated heterocycles. The van der Waals surface area contributed by atoms with Crippen molar-refractivity contribution >= 4 is 15.2 Å². The third-order valence-electron chi connectivity index (χ3n) is 1.14. The van der Waals surface area contributed by atoms with E-state index >= 15 is 0 Å². The van der Waals surface area contributed by atoms with Gasteiger partial charge in [0.05, 0.1) is 6.61 Å². The summed E-state index contributed by atoms with van der Waals surface area (Å²) >= 11 is 0. The van der Waals surface area contributed by atoms with Crippen LogP contribution in [0.25, 0.3) is 0 Å². The minimum absolute atomic E-state index is 0.0534. The molecule has 0 aliphatic carbocycles. The van der Waals surface area contributed by atoms with Crippen LogP contribution in [0.4, 0.5) is 0 Å². The van der Waals surface area contributed by atoms with Crippen LogP contribution in [0.3, 0.4) is 0 Å². The molecule has 0 aliphatic rings. The normalized spacial score (nSPS) is 12.2. The van der Waals surface area contributed by atoms with Gasteiger partial charge in [0, 0.05) is 0 Å². The zero-order valence-corrected chi connectivity index (χ0v) is 8.21. The van der Waals surface area contributed by atoms with Gasteiger partial charge in [0.25, 0.3) is 5.12 Å². The SMILES string of the molecule is CC=CC(=O)S(=O)(=O)OCCCN. The van der Waals surface area contributed by atoms with Gasteiger partial charge in [-0.3, -0.25) is 8.98 Å². The first kappa shape index (κ1) is 12.3. The van der Waals surface area contributed by atoms with E-state index in [9.17, 15) is 13.2 Å². The summed E-state index contributed by atoms with van der Waals surface area (Å²) in [6.07, 6.45) is 2.69. The van der Waals surface area contributed by atoms with Gasteiger partial charge < -0.3 is 5.73 Å². The van der Waals surface area contributed by atoms with E-state index in [1.807, 2.05) is 0 Å². The molecular weight excluding hydrogens is 194 g/mol. The minimum atomic E-state index is -4.08. The van der Waals surface area contributed by atoms with Crippen LogP contribution < -0.4 is 5.73 Å². The Morgan fingerprint density at radius 3 is 2.62 bits per heavy atom. The molecule has 0 fully saturated rings. The Morgan fingerprint density at radius 1 is 1.54 bits per heavy atom. The number of hydrogen-bond donors (Lipinski definition) is 1. The zero-order chi connectivity index (χ0) is 10.3. The van der Waals surface area contributed by atoms with Crippen molar-refractivity contribution in [1.82, 2.24) is 0 Å². The molecular formula is C7H13NO4S. The summed E-state index contributed by atoms with van der Waals surface area (Å²) < 4.78 is 26.2. The highest BCUT2D eigenvalue weighted by atomic mass is 32.2. The Balaban J connectivity index is 4.16. The van der Waals surface area contributed by atoms with Crippen LogP contribution in [0, 0.1) is 0 Å². The highest BCUT2D eigenvalue weighted by Gasteiger charge is 2.19. The fourth-order valence-corrected chi connectivity index (χ4v) is 1.29. The first-order valence-electron chi connectivity index (χ1n) is 3.80. The first-order chi connectivity index (χ1) is 6.04. The fourth-order valence-electron chi connectivity index (χ4n) is 0.529. The maximum Gasteiger partial charge on any atom is 0.335 e. The summed E-state index contributed by atoms with van der Waals surface area (Å²) in [6.45, 7) is 1.82. The molecule has 0 amide bonds. The van der Waals surface area contributed by atoms with Crippen LogP contribution in [-0.4, -0.2) is 26.7 Å². The lowest BCUT2D eigenvalue weighted by Gasteiger charge is -1.99. The lowest BCUT2D eigenvalue weighted by atomic mass is 10.5. The molecule has 5 nitrogen and oxygen atoms in total. The summed E-state index contributed by atoms with van der Waals surface area (Å²) in [5.41, 5.74) is 5.12. The highest BCUT2D eigenvalue weighted by molar-refractivity contribution is 8.02. The molecule has 0 spiro atoms. The smallest absolute Gasteiger partial charge is 0.330 e. The summed E-state index contributed by atoms with van der Waals surface area (Å²) in [7, 11) is -4.08. The van der Waals surface area contributed by atoms with Crippen LogP contribution in [0.5, 0.6) is 0 Å². The van der Waals surface area contributed by atoms with Crippen molar-refractivity contribution in [3.05, 3.63) is 12.2 Å². The third-order valence-corrected chi connectivity index (χ3v) is 2.24. The second-order valence-electron chi connectivity index (χ2n) is 2.24. The van der Waals surface area contributed by atoms with Gasteiger partial charge in [-0.15, -0.1) is 0 Å². The van der Waals surface area contributed by atoms with Crippen LogP contribution in [-0.2, 0) is 19.1 Å². The molecule has 0 aromatic heterocycles. The Morgan fingerprint density at radius 2 is 2.15 bits per heavy atom. The van der Waals surface area contributed by atoms with Gasteiger partial charge >= 0.3 is 10.1 Å². The van der Waals surface area contributed by atoms with E-state index in [1.54, 1.807) is 6.92 Å². The molecule has 0 unspecified atom stereocenters. The van der Waals surface area contributed by atoms with E-state index < -0.39 is 15.2 Å². The molecule has 0 aromatic carbocycles. The Labute approximate surface area is 77.7 Å². The molecule has 13 heavy (non-hydrogen) atoms. The van der Waals surface area contributed by atoms with E-state index in [0.717, 1.165) is 6.08 Å². The average molecular weight is 207 g/mol. The Bertz CT molecular complexity index is 281. The molecule has 2 N–H and O–H groups in total. The quantitative estimate of drug-likeness (QED) is 0.383. The van der Waals surface area contributed by atoms with E-state index in [2.05, 4.69) is 4.18 Å². The summed E-state index contributed by atoms with van der Waals surface area (Å²) in [6, 6.07) is 0. The number of hydrogen-bond acceptors (Lipinski definition) is 5. The zero-order valence-electron chi connectivity index (χ0n) is 7.39. The molecule has 6 heteroatoms. The largest absolute Gasteiger partial charge is 0.335 e. The van der Waals surface area contributed by atoms with E-state index in [-0.39, 0.29) is 6.61 Å². The molecule has 0 aliphatic heterocycles. The van der Waals surface area contributed by atoms with Gasteiger partial charge in [-0.2, -0.15) is 8.42 Å². The average Bonchev–Trinajstić information content (AvgIpc) is 2.05. The highest BCUT2D eigenvalue weighted by Crippen LogP contribution is 1.97. The van der Waals surface area contributed by atoms with Gasteiger partial charge in [-0.05, 0) is 26.0 Å². The first-order valence-corrected chi connectivity index (χ1v) is 5.21. The predicted octanol–water partition coefficient (Wildman–Crippen LogP) is -0.216. The molecule has 0 heterocycles. The number of rotatable bonds is 5. The minimum Gasteiger partial charge on any atom is -0.330 e. The third kappa shape index (κ3) is 4.76. The van der Waals surface area contributed by atoms with Crippen molar-refractivity contribution in [3.8, 4) is 0 Å². The number of nitrogens with two attached hydrogens (primary N) is 1. The Hall–Kier alpha value is -0.720. The second kappa shape index (κ2) is 5.85. The maximum absolute atomic E-state index is 10.9. The topological polar surface area (TPSA) is 86.5 Å². The maximum atomic E-state index is 10.9. The van der Waals surface area contributed by atoms with Gasteiger partial charge in [0.1, 0.15) is 0 Å². The molecule has 0 aromatic rings. The lowest BCUT2D eigenvalue weighted by molar-refractivity contribution is -0.108. The molecule has 0 saturated carbocycles. The molecule has 0 radical (unpaired) electrons. The summed E-state index contributed by atoms with van der Waals surface area (Å²) in [5.74, 6) is 0. The van der Waals surface area contributed by atoms with Crippen molar-refractivity contribution in [2.75, 3.05) is 13.2 Å². The monoisotopic (exact) mass is 207 g/mol. The van der Waals surface area contributed by atoms with Crippen LogP contribution in [0.15, 0.2) is 12.2 Å². The standard InChI is InChI=1S/C7H13NO4S/c1-2-4-7(9)13(10,11)12-6-3-5-8/h2,4H,3,5-6,8H2,1H3. The van der Waals surface area contributed by atoms with Crippen molar-refractivity contribution in [1.29, 1.82) is 0 Å². The lowest BCUT2D eigenvalue weighted by Crippen LogP contribution is -2.17. The number of carbonyl (C=O) groups is 1. The van der Waals surface area contributed by atoms with Crippen molar-refractivity contribution in [3.63, 3.8) is 0 Å². The van der Waals surface area contributed by atoms with E-state index in [4.69, 9.17) is 5.73 Å². The Kier molecular flexibility index (Phi) is 5.52. The summed E-state index contributed by atoms with van der Waals surface area (Å²) in [5, 5.41) is -1.04. The molecule has 0 rings (SSSR count). The predicted molar refractivity (Wildman–Crippen MR) is 48.4 cm³/mol. The van der Waals surface area contributed by atoms with Crippen molar-refractivity contribution in [2.24, 2.45) is 5.73 Å². The van der Waals surface area contributed by atoms with Gasteiger partial charge in [-0.1, -0.05) is 6.08 Å². The van der Waals surface area contributed by atoms with Crippen LogP contribution in [0.1, 0.15) is 13.3 Å². The second-order valence-corrected chi connectivity index (χ2v) is 3.78. The summed E-state index contributed by atoms with van der Waals surface area (Å²) in [4.78, 5) is 10.8. The molecule has 0 bridgehead atoms. The van der Waals surface area contributed by atoms with E-state index in [0.29, 0.717) is 13.0 Å². The van der Waals surface area contributed by atoms with Gasteiger partial charge in [-0.25, -0.2) is 0 Å². The van der Waals surface area contributed by atoms with Crippen LogP contribution in [0.2, 0.25) is 0 Å².